The van der Waals surface area contributed by atoms with Crippen molar-refractivity contribution in [2.45, 2.75) is 32.4 Å². The molecule has 6 heteroatoms. The predicted octanol–water partition coefficient (Wildman–Crippen LogP) is 3.76. The van der Waals surface area contributed by atoms with Crippen LogP contribution in [0.15, 0.2) is 18.2 Å². The van der Waals surface area contributed by atoms with Gasteiger partial charge in [-0.2, -0.15) is 13.2 Å². The molecule has 1 aromatic carbocycles. The summed E-state index contributed by atoms with van der Waals surface area (Å²) in [5.41, 5.74) is -2.00. The van der Waals surface area contributed by atoms with Crippen LogP contribution in [0.3, 0.4) is 0 Å². The molecule has 1 N–H and O–H groups in total. The van der Waals surface area contributed by atoms with E-state index in [2.05, 4.69) is 5.32 Å². The summed E-state index contributed by atoms with van der Waals surface area (Å²) in [4.78, 5) is 11.8. The van der Waals surface area contributed by atoms with Gasteiger partial charge in [-0.05, 0) is 30.4 Å². The number of halogens is 4. The smallest absolute Gasteiger partial charge is 0.351 e. The molecule has 2 rings (SSSR count). The average Bonchev–Trinajstić information content (AvgIpc) is 2.32. The van der Waals surface area contributed by atoms with E-state index in [1.165, 1.54) is 0 Å². The Kier molecular flexibility index (Phi) is 3.75. The van der Waals surface area contributed by atoms with E-state index in [1.807, 2.05) is 6.92 Å². The highest BCUT2D eigenvalue weighted by molar-refractivity contribution is 5.94. The first-order chi connectivity index (χ1) is 9.23. The molecular weight excluding hydrogens is 274 g/mol. The Balaban J connectivity index is 2.14. The van der Waals surface area contributed by atoms with Crippen molar-refractivity contribution in [2.24, 2.45) is 5.41 Å². The van der Waals surface area contributed by atoms with Crippen LogP contribution in [-0.4, -0.2) is 12.5 Å². The van der Waals surface area contributed by atoms with Crippen LogP contribution in [0.5, 0.6) is 0 Å². The fourth-order valence-electron chi connectivity index (χ4n) is 2.27. The van der Waals surface area contributed by atoms with Gasteiger partial charge in [-0.1, -0.05) is 19.4 Å². The van der Waals surface area contributed by atoms with Crippen molar-refractivity contribution in [2.75, 3.05) is 6.54 Å². The van der Waals surface area contributed by atoms with Gasteiger partial charge in [0.1, 0.15) is 5.82 Å². The van der Waals surface area contributed by atoms with Crippen LogP contribution in [0.25, 0.3) is 0 Å². The van der Waals surface area contributed by atoms with Gasteiger partial charge in [-0.3, -0.25) is 4.79 Å². The molecule has 0 heterocycles. The lowest BCUT2D eigenvalue weighted by atomic mass is 9.70. The first-order valence-electron chi connectivity index (χ1n) is 6.37. The second-order valence-electron chi connectivity index (χ2n) is 5.51. The topological polar surface area (TPSA) is 29.1 Å². The molecule has 0 saturated heterocycles. The molecule has 1 amide bonds. The normalized spacial score (nSPS) is 17.4. The summed E-state index contributed by atoms with van der Waals surface area (Å²) in [5, 5.41) is 2.51. The van der Waals surface area contributed by atoms with Crippen molar-refractivity contribution < 1.29 is 22.4 Å². The van der Waals surface area contributed by atoms with Crippen LogP contribution < -0.4 is 5.32 Å². The lowest BCUT2D eigenvalue weighted by Gasteiger charge is -2.38. The van der Waals surface area contributed by atoms with Gasteiger partial charge < -0.3 is 5.32 Å². The second-order valence-corrected chi connectivity index (χ2v) is 5.51. The molecule has 1 saturated carbocycles. The third kappa shape index (κ3) is 2.94. The zero-order chi connectivity index (χ0) is 15.0. The fourth-order valence-corrected chi connectivity index (χ4v) is 2.27. The molecule has 0 bridgehead atoms. The van der Waals surface area contributed by atoms with Crippen LogP contribution >= 0.6 is 0 Å². The third-order valence-electron chi connectivity index (χ3n) is 3.79. The number of carbonyl (C=O) groups excluding carboxylic acids is 1. The third-order valence-corrected chi connectivity index (χ3v) is 3.79. The van der Waals surface area contributed by atoms with E-state index in [0.29, 0.717) is 12.6 Å². The van der Waals surface area contributed by atoms with Crippen LogP contribution in [0.4, 0.5) is 17.6 Å². The van der Waals surface area contributed by atoms with E-state index >= 15 is 0 Å². The number of rotatable bonds is 3. The minimum atomic E-state index is -4.81. The fraction of sp³-hybridized carbons (Fsp3) is 0.500. The summed E-state index contributed by atoms with van der Waals surface area (Å²) in [6, 6.07) is 2.72. The zero-order valence-electron chi connectivity index (χ0n) is 11.0. The molecule has 0 radical (unpaired) electrons. The number of hydrogen-bond acceptors (Lipinski definition) is 1. The molecule has 2 nitrogen and oxygen atoms in total. The highest BCUT2D eigenvalue weighted by Crippen LogP contribution is 2.39. The Morgan fingerprint density at radius 1 is 1.35 bits per heavy atom. The first-order valence-corrected chi connectivity index (χ1v) is 6.37. The maximum atomic E-state index is 13.8. The summed E-state index contributed by atoms with van der Waals surface area (Å²) in [7, 11) is 0. The van der Waals surface area contributed by atoms with Gasteiger partial charge in [-0.25, -0.2) is 4.39 Å². The molecular formula is C14H15F4NO. The molecule has 0 atom stereocenters. The van der Waals surface area contributed by atoms with Gasteiger partial charge in [0.2, 0.25) is 0 Å². The molecule has 110 valence electrons. The van der Waals surface area contributed by atoms with Crippen LogP contribution in [0.2, 0.25) is 0 Å². The van der Waals surface area contributed by atoms with Gasteiger partial charge >= 0.3 is 6.18 Å². The molecule has 0 spiro atoms. The first kappa shape index (κ1) is 14.8. The molecule has 1 aromatic rings. The largest absolute Gasteiger partial charge is 0.419 e. The van der Waals surface area contributed by atoms with E-state index in [9.17, 15) is 22.4 Å². The van der Waals surface area contributed by atoms with E-state index in [4.69, 9.17) is 0 Å². The quantitative estimate of drug-likeness (QED) is 0.843. The molecule has 0 aromatic heterocycles. The standard InChI is InChI=1S/C14H15F4NO/c1-13(6-3-7-13)8-19-12(20)9-4-2-5-10(11(9)15)14(16,17)18/h2,4-5H,3,6-8H2,1H3,(H,19,20). The number of alkyl halides is 3. The van der Waals surface area contributed by atoms with E-state index in [1.54, 1.807) is 0 Å². The van der Waals surface area contributed by atoms with Crippen LogP contribution in [0, 0.1) is 11.2 Å². The summed E-state index contributed by atoms with van der Waals surface area (Å²) >= 11 is 0. The van der Waals surface area contributed by atoms with Crippen molar-refractivity contribution in [3.8, 4) is 0 Å². The van der Waals surface area contributed by atoms with Crippen molar-refractivity contribution in [3.05, 3.63) is 35.1 Å². The minimum absolute atomic E-state index is 0.0201. The Labute approximate surface area is 114 Å². The molecule has 1 aliphatic carbocycles. The van der Waals surface area contributed by atoms with Crippen LogP contribution in [0.1, 0.15) is 42.1 Å². The molecule has 0 aliphatic heterocycles. The number of carbonyl (C=O) groups is 1. The Morgan fingerprint density at radius 2 is 2.00 bits per heavy atom. The minimum Gasteiger partial charge on any atom is -0.351 e. The summed E-state index contributed by atoms with van der Waals surface area (Å²) < 4.78 is 51.4. The summed E-state index contributed by atoms with van der Waals surface area (Å²) in [6.07, 6.45) is -1.82. The lowest BCUT2D eigenvalue weighted by molar-refractivity contribution is -0.140. The highest BCUT2D eigenvalue weighted by Gasteiger charge is 2.36. The van der Waals surface area contributed by atoms with Gasteiger partial charge in [0, 0.05) is 6.54 Å². The van der Waals surface area contributed by atoms with Crippen molar-refractivity contribution in [3.63, 3.8) is 0 Å². The van der Waals surface area contributed by atoms with Gasteiger partial charge in [-0.15, -0.1) is 0 Å². The second kappa shape index (κ2) is 5.07. The monoisotopic (exact) mass is 289 g/mol. The Hall–Kier alpha value is -1.59. The predicted molar refractivity (Wildman–Crippen MR) is 65.7 cm³/mol. The van der Waals surface area contributed by atoms with E-state index < -0.39 is 29.0 Å². The van der Waals surface area contributed by atoms with Crippen molar-refractivity contribution >= 4 is 5.91 Å². The average molecular weight is 289 g/mol. The Morgan fingerprint density at radius 3 is 2.50 bits per heavy atom. The number of amides is 1. The van der Waals surface area contributed by atoms with Gasteiger partial charge in [0.15, 0.2) is 0 Å². The van der Waals surface area contributed by atoms with Crippen molar-refractivity contribution in [1.29, 1.82) is 0 Å². The molecule has 20 heavy (non-hydrogen) atoms. The lowest BCUT2D eigenvalue weighted by Crippen LogP contribution is -2.40. The Bertz CT molecular complexity index is 520. The molecule has 1 fully saturated rings. The number of benzene rings is 1. The number of nitrogens with one attached hydrogen (secondary N) is 1. The summed E-state index contributed by atoms with van der Waals surface area (Å²) in [5.74, 6) is -2.32. The maximum Gasteiger partial charge on any atom is 0.419 e. The summed E-state index contributed by atoms with van der Waals surface area (Å²) in [6.45, 7) is 2.33. The van der Waals surface area contributed by atoms with Gasteiger partial charge in [0.05, 0.1) is 11.1 Å². The number of hydrogen-bond donors (Lipinski definition) is 1. The van der Waals surface area contributed by atoms with Crippen molar-refractivity contribution in [1.82, 2.24) is 5.32 Å². The molecule has 1 aliphatic rings. The van der Waals surface area contributed by atoms with E-state index in [0.717, 1.165) is 31.4 Å². The highest BCUT2D eigenvalue weighted by atomic mass is 19.4. The molecule has 0 unspecified atom stereocenters. The van der Waals surface area contributed by atoms with E-state index in [-0.39, 0.29) is 5.41 Å². The SMILES string of the molecule is CC1(CNC(=O)c2cccc(C(F)(F)F)c2F)CCC1. The zero-order valence-corrected chi connectivity index (χ0v) is 11.0. The van der Waals surface area contributed by atoms with Gasteiger partial charge in [0.25, 0.3) is 5.91 Å². The van der Waals surface area contributed by atoms with Crippen LogP contribution in [-0.2, 0) is 6.18 Å². The maximum absolute atomic E-state index is 13.8.